The van der Waals surface area contributed by atoms with Crippen molar-refractivity contribution in [3.63, 3.8) is 0 Å². The molecule has 0 aliphatic heterocycles. The number of ether oxygens (including phenoxy) is 1. The van der Waals surface area contributed by atoms with Gasteiger partial charge in [-0.05, 0) is 57.9 Å². The van der Waals surface area contributed by atoms with Gasteiger partial charge in [0.25, 0.3) is 5.91 Å². The zero-order chi connectivity index (χ0) is 18.1. The summed E-state index contributed by atoms with van der Waals surface area (Å²) in [6.45, 7) is 10.6. The van der Waals surface area contributed by atoms with Gasteiger partial charge in [-0.2, -0.15) is 5.26 Å². The largest absolute Gasteiger partial charge is 0.494 e. The van der Waals surface area contributed by atoms with Gasteiger partial charge in [0.15, 0.2) is 0 Å². The van der Waals surface area contributed by atoms with Crippen LogP contribution in [0.2, 0.25) is 0 Å². The average molecular weight is 328 g/mol. The molecule has 0 heterocycles. The Bertz CT molecular complexity index is 587. The minimum atomic E-state index is -0.231. The Labute approximate surface area is 145 Å². The summed E-state index contributed by atoms with van der Waals surface area (Å²) < 4.78 is 5.62. The van der Waals surface area contributed by atoms with E-state index in [1.54, 1.807) is 11.0 Å². The molecule has 0 aliphatic rings. The molecular formula is C20H28N2O2. The predicted molar refractivity (Wildman–Crippen MR) is 97.6 cm³/mol. The zero-order valence-corrected chi connectivity index (χ0v) is 15.4. The van der Waals surface area contributed by atoms with Crippen molar-refractivity contribution in [3.8, 4) is 11.8 Å². The highest BCUT2D eigenvalue weighted by Gasteiger charge is 2.23. The van der Waals surface area contributed by atoms with Crippen molar-refractivity contribution < 1.29 is 9.53 Å². The van der Waals surface area contributed by atoms with Crippen LogP contribution in [-0.2, 0) is 4.79 Å². The van der Waals surface area contributed by atoms with Gasteiger partial charge in [0.2, 0.25) is 0 Å². The topological polar surface area (TPSA) is 53.3 Å². The quantitative estimate of drug-likeness (QED) is 0.403. The molecule has 1 rings (SSSR count). The van der Waals surface area contributed by atoms with Gasteiger partial charge in [-0.1, -0.05) is 25.5 Å². The van der Waals surface area contributed by atoms with E-state index < -0.39 is 0 Å². The summed E-state index contributed by atoms with van der Waals surface area (Å²) in [5.74, 6) is 0.571. The number of nitriles is 1. The molecule has 24 heavy (non-hydrogen) atoms. The van der Waals surface area contributed by atoms with Crippen LogP contribution in [0, 0.1) is 11.3 Å². The summed E-state index contributed by atoms with van der Waals surface area (Å²) in [4.78, 5) is 14.3. The first-order valence-corrected chi connectivity index (χ1v) is 8.58. The molecule has 1 aromatic rings. The molecule has 0 saturated heterocycles. The molecular weight excluding hydrogens is 300 g/mol. The molecule has 0 unspecified atom stereocenters. The van der Waals surface area contributed by atoms with Gasteiger partial charge >= 0.3 is 0 Å². The van der Waals surface area contributed by atoms with Crippen molar-refractivity contribution in [1.82, 2.24) is 4.90 Å². The van der Waals surface area contributed by atoms with Crippen molar-refractivity contribution in [2.75, 3.05) is 6.61 Å². The average Bonchev–Trinajstić information content (AvgIpc) is 2.53. The van der Waals surface area contributed by atoms with Gasteiger partial charge in [-0.25, -0.2) is 0 Å². The van der Waals surface area contributed by atoms with Gasteiger partial charge in [0, 0.05) is 12.1 Å². The van der Waals surface area contributed by atoms with Crippen LogP contribution in [0.4, 0.5) is 0 Å². The lowest BCUT2D eigenvalue weighted by molar-refractivity contribution is -0.130. The van der Waals surface area contributed by atoms with Crippen LogP contribution in [0.3, 0.4) is 0 Å². The normalized spacial score (nSPS) is 11.5. The summed E-state index contributed by atoms with van der Waals surface area (Å²) in [6, 6.07) is 9.58. The maximum atomic E-state index is 12.6. The summed E-state index contributed by atoms with van der Waals surface area (Å²) in [6.07, 6.45) is 3.75. The first-order valence-electron chi connectivity index (χ1n) is 8.58. The van der Waals surface area contributed by atoms with Crippen molar-refractivity contribution in [2.24, 2.45) is 0 Å². The second-order valence-electron chi connectivity index (χ2n) is 6.34. The molecule has 130 valence electrons. The van der Waals surface area contributed by atoms with Crippen molar-refractivity contribution in [2.45, 2.75) is 59.5 Å². The van der Waals surface area contributed by atoms with E-state index in [1.807, 2.05) is 58.0 Å². The highest BCUT2D eigenvalue weighted by molar-refractivity contribution is 6.02. The Morgan fingerprint density at radius 2 is 1.79 bits per heavy atom. The standard InChI is InChI=1S/C20H28N2O2/c1-6-7-12-24-19-10-8-17(9-11-19)13-18(14-21)20(23)22(15(2)3)16(4)5/h8-11,13,15-16H,6-7,12H2,1-5H3/b18-13+. The molecule has 4 nitrogen and oxygen atoms in total. The number of unbranched alkanes of at least 4 members (excludes halogenated alkanes) is 1. The van der Waals surface area contributed by atoms with Crippen LogP contribution in [-0.4, -0.2) is 29.5 Å². The van der Waals surface area contributed by atoms with Crippen LogP contribution in [0.5, 0.6) is 5.75 Å². The molecule has 0 N–H and O–H groups in total. The van der Waals surface area contributed by atoms with Gasteiger partial charge in [-0.15, -0.1) is 0 Å². The lowest BCUT2D eigenvalue weighted by atomic mass is 10.1. The molecule has 0 aliphatic carbocycles. The predicted octanol–water partition coefficient (Wildman–Crippen LogP) is 4.42. The fourth-order valence-electron chi connectivity index (χ4n) is 2.51. The summed E-state index contributed by atoms with van der Waals surface area (Å²) in [5.41, 5.74) is 0.965. The van der Waals surface area contributed by atoms with E-state index in [0.717, 1.165) is 24.2 Å². The summed E-state index contributed by atoms with van der Waals surface area (Å²) in [5, 5.41) is 9.38. The monoisotopic (exact) mass is 328 g/mol. The van der Waals surface area contributed by atoms with Gasteiger partial charge in [0.05, 0.1) is 6.61 Å². The number of carbonyl (C=O) groups excluding carboxylic acids is 1. The second kappa shape index (κ2) is 9.77. The Morgan fingerprint density at radius 3 is 2.25 bits per heavy atom. The van der Waals surface area contributed by atoms with Crippen LogP contribution in [0.25, 0.3) is 6.08 Å². The molecule has 0 spiro atoms. The minimum Gasteiger partial charge on any atom is -0.494 e. The van der Waals surface area contributed by atoms with E-state index in [0.29, 0.717) is 6.61 Å². The lowest BCUT2D eigenvalue weighted by Gasteiger charge is -2.30. The Morgan fingerprint density at radius 1 is 1.21 bits per heavy atom. The first-order chi connectivity index (χ1) is 11.4. The van der Waals surface area contributed by atoms with E-state index in [9.17, 15) is 10.1 Å². The van der Waals surface area contributed by atoms with E-state index in [2.05, 4.69) is 6.92 Å². The summed E-state index contributed by atoms with van der Waals surface area (Å²) >= 11 is 0. The fraction of sp³-hybridized carbons (Fsp3) is 0.500. The van der Waals surface area contributed by atoms with Crippen molar-refractivity contribution in [1.29, 1.82) is 5.26 Å². The molecule has 1 amide bonds. The Kier molecular flexibility index (Phi) is 8.05. The highest BCUT2D eigenvalue weighted by atomic mass is 16.5. The molecule has 0 fully saturated rings. The Balaban J connectivity index is 2.92. The van der Waals surface area contributed by atoms with E-state index in [4.69, 9.17) is 4.74 Å². The third-order valence-electron chi connectivity index (χ3n) is 3.66. The number of hydrogen-bond donors (Lipinski definition) is 0. The third-order valence-corrected chi connectivity index (χ3v) is 3.66. The van der Waals surface area contributed by atoms with Crippen LogP contribution < -0.4 is 4.74 Å². The number of benzene rings is 1. The molecule has 4 heteroatoms. The van der Waals surface area contributed by atoms with Crippen LogP contribution in [0.1, 0.15) is 53.0 Å². The SMILES string of the molecule is CCCCOc1ccc(/C=C(\C#N)C(=O)N(C(C)C)C(C)C)cc1. The van der Waals surface area contributed by atoms with E-state index >= 15 is 0 Å². The van der Waals surface area contributed by atoms with E-state index in [1.165, 1.54) is 0 Å². The number of hydrogen-bond acceptors (Lipinski definition) is 3. The lowest BCUT2D eigenvalue weighted by Crippen LogP contribution is -2.42. The molecule has 1 aromatic carbocycles. The first kappa shape index (κ1) is 19.8. The molecule has 0 atom stereocenters. The van der Waals surface area contributed by atoms with Gasteiger partial charge in [-0.3, -0.25) is 4.79 Å². The second-order valence-corrected chi connectivity index (χ2v) is 6.34. The Hall–Kier alpha value is -2.28. The van der Waals surface area contributed by atoms with Crippen LogP contribution in [0.15, 0.2) is 29.8 Å². The van der Waals surface area contributed by atoms with Crippen LogP contribution >= 0.6 is 0 Å². The van der Waals surface area contributed by atoms with Gasteiger partial charge < -0.3 is 9.64 Å². The van der Waals surface area contributed by atoms with Gasteiger partial charge in [0.1, 0.15) is 17.4 Å². The van der Waals surface area contributed by atoms with Crippen molar-refractivity contribution >= 4 is 12.0 Å². The van der Waals surface area contributed by atoms with E-state index in [-0.39, 0.29) is 23.6 Å². The smallest absolute Gasteiger partial charge is 0.264 e. The number of carbonyl (C=O) groups is 1. The minimum absolute atomic E-state index is 0.0450. The number of nitrogens with zero attached hydrogens (tertiary/aromatic N) is 2. The fourth-order valence-corrected chi connectivity index (χ4v) is 2.51. The highest BCUT2D eigenvalue weighted by Crippen LogP contribution is 2.17. The molecule has 0 radical (unpaired) electrons. The molecule has 0 saturated carbocycles. The maximum Gasteiger partial charge on any atom is 0.264 e. The third kappa shape index (κ3) is 5.73. The zero-order valence-electron chi connectivity index (χ0n) is 15.4. The molecule has 0 aromatic heterocycles. The number of rotatable bonds is 8. The molecule has 0 bridgehead atoms. The number of amides is 1. The van der Waals surface area contributed by atoms with Crippen molar-refractivity contribution in [3.05, 3.63) is 35.4 Å². The summed E-state index contributed by atoms with van der Waals surface area (Å²) in [7, 11) is 0. The maximum absolute atomic E-state index is 12.6.